The maximum atomic E-state index is 13.2. The third-order valence-corrected chi connectivity index (χ3v) is 6.61. The Kier molecular flexibility index (Phi) is 7.40. The van der Waals surface area contributed by atoms with Gasteiger partial charge in [-0.3, -0.25) is 14.6 Å². The molecule has 4 rings (SSSR count). The van der Waals surface area contributed by atoms with Gasteiger partial charge in [0.05, 0.1) is 11.1 Å². The average Bonchev–Trinajstić information content (AvgIpc) is 2.84. The Morgan fingerprint density at radius 1 is 1.03 bits per heavy atom. The Morgan fingerprint density at radius 2 is 1.82 bits per heavy atom. The normalized spacial score (nSPS) is 14.1. The zero-order valence-electron chi connectivity index (χ0n) is 18.6. The van der Waals surface area contributed by atoms with Gasteiger partial charge in [0, 0.05) is 47.9 Å². The molecule has 0 spiro atoms. The van der Waals surface area contributed by atoms with Gasteiger partial charge in [0.2, 0.25) is 0 Å². The molecule has 2 aromatic carbocycles. The van der Waals surface area contributed by atoms with Gasteiger partial charge in [-0.2, -0.15) is 0 Å². The summed E-state index contributed by atoms with van der Waals surface area (Å²) in [6.07, 6.45) is 5.63. The molecule has 0 unspecified atom stereocenters. The third-order valence-electron chi connectivity index (χ3n) is 5.92. The van der Waals surface area contributed by atoms with Crippen molar-refractivity contribution in [3.8, 4) is 0 Å². The summed E-state index contributed by atoms with van der Waals surface area (Å²) in [6, 6.07) is 16.6. The van der Waals surface area contributed by atoms with Crippen LogP contribution >= 0.6 is 15.9 Å². The molecular formula is C26H27BrN4O2. The number of benzene rings is 2. The van der Waals surface area contributed by atoms with Crippen molar-refractivity contribution in [2.75, 3.05) is 23.3 Å². The van der Waals surface area contributed by atoms with Crippen LogP contribution < -0.4 is 15.5 Å². The number of nitrogens with one attached hydrogen (secondary N) is 2. The molecule has 7 heteroatoms. The minimum atomic E-state index is -0.233. The number of anilines is 2. The predicted octanol–water partition coefficient (Wildman–Crippen LogP) is 5.26. The lowest BCUT2D eigenvalue weighted by atomic mass is 9.97. The molecule has 2 amide bonds. The fourth-order valence-electron chi connectivity index (χ4n) is 3.94. The van der Waals surface area contributed by atoms with Gasteiger partial charge in [0.1, 0.15) is 0 Å². The standard InChI is InChI=1S/C26H27BrN4O2/c1-18-10-13-31(14-11-18)24-9-8-20(30-26(33)21-6-2-3-7-23(21)27)15-22(24)25(32)29-17-19-5-4-12-28-16-19/h2-9,12,15-16,18H,10-11,13-14,17H2,1H3,(H,29,32)(H,30,33). The number of carbonyl (C=O) groups excluding carboxylic acids is 2. The van der Waals surface area contributed by atoms with Crippen molar-refractivity contribution >= 4 is 39.1 Å². The largest absolute Gasteiger partial charge is 0.371 e. The van der Waals surface area contributed by atoms with Crippen LogP contribution in [0, 0.1) is 5.92 Å². The van der Waals surface area contributed by atoms with Crippen LogP contribution in [0.2, 0.25) is 0 Å². The molecule has 1 aliphatic rings. The molecule has 0 aliphatic carbocycles. The van der Waals surface area contributed by atoms with E-state index in [-0.39, 0.29) is 11.8 Å². The molecule has 1 fully saturated rings. The monoisotopic (exact) mass is 506 g/mol. The Balaban J connectivity index is 1.58. The van der Waals surface area contributed by atoms with Gasteiger partial charge in [-0.25, -0.2) is 0 Å². The van der Waals surface area contributed by atoms with Crippen LogP contribution in [0.5, 0.6) is 0 Å². The zero-order valence-corrected chi connectivity index (χ0v) is 20.1. The maximum Gasteiger partial charge on any atom is 0.256 e. The molecule has 170 valence electrons. The molecule has 1 aromatic heterocycles. The molecule has 2 heterocycles. The van der Waals surface area contributed by atoms with Gasteiger partial charge in [0.15, 0.2) is 0 Å². The number of halogens is 1. The first-order valence-corrected chi connectivity index (χ1v) is 11.9. The van der Waals surface area contributed by atoms with Crippen molar-refractivity contribution in [1.29, 1.82) is 0 Å². The number of rotatable bonds is 6. The number of aromatic nitrogens is 1. The van der Waals surface area contributed by atoms with E-state index in [2.05, 4.69) is 43.4 Å². The van der Waals surface area contributed by atoms with E-state index in [0.717, 1.165) is 41.7 Å². The number of nitrogens with zero attached hydrogens (tertiary/aromatic N) is 2. The molecule has 0 bridgehead atoms. The lowest BCUT2D eigenvalue weighted by molar-refractivity contribution is 0.0950. The minimum Gasteiger partial charge on any atom is -0.371 e. The van der Waals surface area contributed by atoms with Crippen LogP contribution in [0.25, 0.3) is 0 Å². The second kappa shape index (κ2) is 10.6. The topological polar surface area (TPSA) is 74.3 Å². The summed E-state index contributed by atoms with van der Waals surface area (Å²) < 4.78 is 0.719. The molecule has 0 radical (unpaired) electrons. The third kappa shape index (κ3) is 5.79. The van der Waals surface area contributed by atoms with E-state index >= 15 is 0 Å². The molecular weight excluding hydrogens is 480 g/mol. The summed E-state index contributed by atoms with van der Waals surface area (Å²) in [5.41, 5.74) is 3.49. The highest BCUT2D eigenvalue weighted by atomic mass is 79.9. The van der Waals surface area contributed by atoms with Gasteiger partial charge in [0.25, 0.3) is 11.8 Å². The molecule has 1 aliphatic heterocycles. The van der Waals surface area contributed by atoms with Crippen molar-refractivity contribution in [1.82, 2.24) is 10.3 Å². The lowest BCUT2D eigenvalue weighted by Gasteiger charge is -2.33. The van der Waals surface area contributed by atoms with E-state index < -0.39 is 0 Å². The average molecular weight is 507 g/mol. The Labute approximate surface area is 202 Å². The minimum absolute atomic E-state index is 0.176. The van der Waals surface area contributed by atoms with Crippen molar-refractivity contribution in [3.63, 3.8) is 0 Å². The zero-order chi connectivity index (χ0) is 23.2. The molecule has 33 heavy (non-hydrogen) atoms. The van der Waals surface area contributed by atoms with E-state index in [0.29, 0.717) is 29.3 Å². The summed E-state index contributed by atoms with van der Waals surface area (Å²) in [7, 11) is 0. The summed E-state index contributed by atoms with van der Waals surface area (Å²) in [5.74, 6) is 0.278. The summed E-state index contributed by atoms with van der Waals surface area (Å²) in [5, 5.41) is 5.93. The number of hydrogen-bond acceptors (Lipinski definition) is 4. The lowest BCUT2D eigenvalue weighted by Crippen LogP contribution is -2.35. The second-order valence-corrected chi connectivity index (χ2v) is 9.23. The van der Waals surface area contributed by atoms with E-state index in [1.165, 1.54) is 0 Å². The molecule has 1 saturated heterocycles. The van der Waals surface area contributed by atoms with Crippen molar-refractivity contribution < 1.29 is 9.59 Å². The molecule has 0 atom stereocenters. The molecule has 6 nitrogen and oxygen atoms in total. The van der Waals surface area contributed by atoms with Crippen LogP contribution in [-0.4, -0.2) is 29.9 Å². The SMILES string of the molecule is CC1CCN(c2ccc(NC(=O)c3ccccc3Br)cc2C(=O)NCc2cccnc2)CC1. The van der Waals surface area contributed by atoms with Crippen molar-refractivity contribution in [2.45, 2.75) is 26.3 Å². The van der Waals surface area contributed by atoms with Gasteiger partial charge in [-0.15, -0.1) is 0 Å². The van der Waals surface area contributed by atoms with E-state index in [1.54, 1.807) is 24.5 Å². The first kappa shape index (κ1) is 23.0. The summed E-state index contributed by atoms with van der Waals surface area (Å²) >= 11 is 3.42. The highest BCUT2D eigenvalue weighted by Gasteiger charge is 2.22. The first-order valence-electron chi connectivity index (χ1n) is 11.1. The fraction of sp³-hybridized carbons (Fsp3) is 0.269. The summed E-state index contributed by atoms with van der Waals surface area (Å²) in [6.45, 7) is 4.47. The van der Waals surface area contributed by atoms with E-state index in [4.69, 9.17) is 0 Å². The second-order valence-electron chi connectivity index (χ2n) is 8.38. The number of pyridine rings is 1. The quantitative estimate of drug-likeness (QED) is 0.477. The Hall–Kier alpha value is -3.19. The summed E-state index contributed by atoms with van der Waals surface area (Å²) in [4.78, 5) is 32.4. The Morgan fingerprint density at radius 3 is 2.55 bits per heavy atom. The van der Waals surface area contributed by atoms with Crippen LogP contribution in [0.4, 0.5) is 11.4 Å². The maximum absolute atomic E-state index is 13.2. The molecule has 2 N–H and O–H groups in total. The first-order chi connectivity index (χ1) is 16.0. The van der Waals surface area contributed by atoms with E-state index in [9.17, 15) is 9.59 Å². The molecule has 0 saturated carbocycles. The molecule has 3 aromatic rings. The van der Waals surface area contributed by atoms with Gasteiger partial charge in [-0.1, -0.05) is 25.1 Å². The smallest absolute Gasteiger partial charge is 0.256 e. The van der Waals surface area contributed by atoms with E-state index in [1.807, 2.05) is 42.5 Å². The van der Waals surface area contributed by atoms with Crippen LogP contribution in [0.1, 0.15) is 46.0 Å². The highest BCUT2D eigenvalue weighted by Crippen LogP contribution is 2.29. The predicted molar refractivity (Wildman–Crippen MR) is 135 cm³/mol. The number of hydrogen-bond donors (Lipinski definition) is 2. The van der Waals surface area contributed by atoms with Gasteiger partial charge in [-0.05, 0) is 76.7 Å². The van der Waals surface area contributed by atoms with Crippen LogP contribution in [0.3, 0.4) is 0 Å². The van der Waals surface area contributed by atoms with Gasteiger partial charge >= 0.3 is 0 Å². The fourth-order valence-corrected chi connectivity index (χ4v) is 4.41. The van der Waals surface area contributed by atoms with Crippen LogP contribution in [-0.2, 0) is 6.54 Å². The van der Waals surface area contributed by atoms with Crippen molar-refractivity contribution in [3.05, 3.63) is 88.2 Å². The van der Waals surface area contributed by atoms with Crippen molar-refractivity contribution in [2.24, 2.45) is 5.92 Å². The number of piperidine rings is 1. The highest BCUT2D eigenvalue weighted by molar-refractivity contribution is 9.10. The number of amides is 2. The van der Waals surface area contributed by atoms with Crippen LogP contribution in [0.15, 0.2) is 71.5 Å². The van der Waals surface area contributed by atoms with Gasteiger partial charge < -0.3 is 15.5 Å². The number of carbonyl (C=O) groups is 2. The Bertz CT molecular complexity index is 1130.